The van der Waals surface area contributed by atoms with Gasteiger partial charge in [0.25, 0.3) is 0 Å². The highest BCUT2D eigenvalue weighted by Crippen LogP contribution is 2.38. The van der Waals surface area contributed by atoms with Gasteiger partial charge in [0.05, 0.1) is 22.5 Å². The molecule has 35 heavy (non-hydrogen) atoms. The highest BCUT2D eigenvalue weighted by Gasteiger charge is 2.42. The number of sulfonamides is 1. The number of rotatable bonds is 5. The van der Waals surface area contributed by atoms with Crippen molar-refractivity contribution in [2.75, 3.05) is 45.5 Å². The average Bonchev–Trinajstić information content (AvgIpc) is 3.27. The van der Waals surface area contributed by atoms with Crippen LogP contribution in [0.15, 0.2) is 36.5 Å². The Morgan fingerprint density at radius 1 is 1.03 bits per heavy atom. The molecule has 3 heterocycles. The molecule has 2 amide bonds. The highest BCUT2D eigenvalue weighted by molar-refractivity contribution is 7.88. The van der Waals surface area contributed by atoms with E-state index in [2.05, 4.69) is 4.98 Å². The third-order valence-corrected chi connectivity index (χ3v) is 8.88. The molecule has 2 saturated heterocycles. The van der Waals surface area contributed by atoms with Gasteiger partial charge < -0.3 is 14.5 Å². The van der Waals surface area contributed by atoms with E-state index in [9.17, 15) is 13.2 Å². The minimum atomic E-state index is -3.27. The molecular weight excluding hydrogens is 535 g/mol. The lowest BCUT2D eigenvalue weighted by molar-refractivity contribution is 0.128. The zero-order valence-electron chi connectivity index (χ0n) is 19.4. The largest absolute Gasteiger partial charge is 0.489 e. The maximum atomic E-state index is 13.4. The number of piperazine rings is 1. The molecule has 190 valence electrons. The molecule has 1 aromatic heterocycles. The summed E-state index contributed by atoms with van der Waals surface area (Å²) >= 11 is 18.3. The summed E-state index contributed by atoms with van der Waals surface area (Å²) in [5, 5.41) is 1.31. The molecule has 4 rings (SSSR count). The van der Waals surface area contributed by atoms with Crippen LogP contribution in [-0.2, 0) is 10.0 Å². The molecular formula is C23H27Cl3N4O4S. The molecule has 2 aliphatic heterocycles. The van der Waals surface area contributed by atoms with Crippen LogP contribution in [0, 0.1) is 5.92 Å². The number of carbonyl (C=O) groups excluding carboxylic acids is 1. The van der Waals surface area contributed by atoms with Gasteiger partial charge in [-0.25, -0.2) is 18.2 Å². The number of ether oxygens (including phenoxy) is 1. The Hall–Kier alpha value is -1.78. The van der Waals surface area contributed by atoms with E-state index in [4.69, 9.17) is 39.5 Å². The first kappa shape index (κ1) is 26.3. The first-order chi connectivity index (χ1) is 16.5. The number of pyridine rings is 1. The number of hydrogen-bond acceptors (Lipinski definition) is 5. The molecule has 8 nitrogen and oxygen atoms in total. The van der Waals surface area contributed by atoms with Crippen molar-refractivity contribution in [3.8, 4) is 5.75 Å². The van der Waals surface area contributed by atoms with E-state index in [1.54, 1.807) is 29.3 Å². The zero-order chi connectivity index (χ0) is 25.3. The number of halogens is 3. The number of nitrogens with zero attached hydrogens (tertiary/aromatic N) is 4. The van der Waals surface area contributed by atoms with Crippen molar-refractivity contribution >= 4 is 50.9 Å². The minimum absolute atomic E-state index is 0.0239. The standard InChI is InChI=1S/C23H27Cl3N4O4S/c1-15(34-17-4-6-22(26)27-12-17)18-13-29(14-19(18)16-3-5-20(24)21(25)11-16)23(31)28-7-9-30(10-8-28)35(2,32)33/h3-6,11-12,15,18-19H,7-10,13-14H2,1-2H3/t15-,18+,19+/m1/s1. The highest BCUT2D eigenvalue weighted by atomic mass is 35.5. The van der Waals surface area contributed by atoms with E-state index < -0.39 is 10.0 Å². The van der Waals surface area contributed by atoms with Crippen LogP contribution in [0.2, 0.25) is 15.2 Å². The molecule has 0 unspecified atom stereocenters. The number of hydrogen-bond donors (Lipinski definition) is 0. The fraction of sp³-hybridized carbons (Fsp3) is 0.478. The quantitative estimate of drug-likeness (QED) is 0.511. The van der Waals surface area contributed by atoms with Gasteiger partial charge in [-0.15, -0.1) is 0 Å². The number of aromatic nitrogens is 1. The van der Waals surface area contributed by atoms with Gasteiger partial charge in [-0.3, -0.25) is 0 Å². The smallest absolute Gasteiger partial charge is 0.320 e. The summed E-state index contributed by atoms with van der Waals surface area (Å²) in [5.41, 5.74) is 0.978. The van der Waals surface area contributed by atoms with Gasteiger partial charge in [-0.05, 0) is 36.8 Å². The fourth-order valence-electron chi connectivity index (χ4n) is 4.70. The van der Waals surface area contributed by atoms with Crippen molar-refractivity contribution in [3.63, 3.8) is 0 Å². The average molecular weight is 562 g/mol. The monoisotopic (exact) mass is 560 g/mol. The molecule has 2 fully saturated rings. The normalized spacial score (nSPS) is 22.3. The van der Waals surface area contributed by atoms with Crippen LogP contribution in [0.5, 0.6) is 5.75 Å². The SMILES string of the molecule is C[C@@H](Oc1ccc(Cl)nc1)[C@@H]1CN(C(=O)N2CCN(S(C)(=O)=O)CC2)C[C@H]1c1ccc(Cl)c(Cl)c1. The fourth-order valence-corrected chi connectivity index (χ4v) is 5.95. The molecule has 0 saturated carbocycles. The number of likely N-dealkylation sites (tertiary alicyclic amines) is 1. The molecule has 1 aromatic carbocycles. The Kier molecular flexibility index (Phi) is 8.02. The molecule has 12 heteroatoms. The second-order valence-electron chi connectivity index (χ2n) is 8.92. The Morgan fingerprint density at radius 2 is 1.74 bits per heavy atom. The van der Waals surface area contributed by atoms with Crippen molar-refractivity contribution in [1.82, 2.24) is 19.1 Å². The van der Waals surface area contributed by atoms with Crippen LogP contribution in [-0.4, -0.2) is 85.2 Å². The van der Waals surface area contributed by atoms with Crippen molar-refractivity contribution in [2.24, 2.45) is 5.92 Å². The molecule has 2 aliphatic rings. The van der Waals surface area contributed by atoms with E-state index in [1.807, 2.05) is 24.0 Å². The van der Waals surface area contributed by atoms with Gasteiger partial charge in [-0.2, -0.15) is 4.31 Å². The third kappa shape index (κ3) is 6.14. The van der Waals surface area contributed by atoms with Gasteiger partial charge in [0.15, 0.2) is 0 Å². The summed E-state index contributed by atoms with van der Waals surface area (Å²) in [7, 11) is -3.27. The Balaban J connectivity index is 1.52. The van der Waals surface area contributed by atoms with Crippen molar-refractivity contribution < 1.29 is 17.9 Å². The topological polar surface area (TPSA) is 83.1 Å². The second-order valence-corrected chi connectivity index (χ2v) is 12.1. The van der Waals surface area contributed by atoms with E-state index in [1.165, 1.54) is 10.6 Å². The lowest BCUT2D eigenvalue weighted by Gasteiger charge is -2.35. The summed E-state index contributed by atoms with van der Waals surface area (Å²) in [6.07, 6.45) is 2.53. The Morgan fingerprint density at radius 3 is 2.34 bits per heavy atom. The summed E-state index contributed by atoms with van der Waals surface area (Å²) in [5.74, 6) is 0.543. The van der Waals surface area contributed by atoms with E-state index in [0.29, 0.717) is 60.2 Å². The predicted octanol–water partition coefficient (Wildman–Crippen LogP) is 4.22. The van der Waals surface area contributed by atoms with Gasteiger partial charge in [0, 0.05) is 51.1 Å². The number of benzene rings is 1. The Labute approximate surface area is 220 Å². The molecule has 2 aromatic rings. The second kappa shape index (κ2) is 10.7. The van der Waals surface area contributed by atoms with E-state index in [-0.39, 0.29) is 24.0 Å². The Bertz CT molecular complexity index is 1170. The van der Waals surface area contributed by atoms with Crippen LogP contribution in [0.1, 0.15) is 18.4 Å². The van der Waals surface area contributed by atoms with E-state index in [0.717, 1.165) is 5.56 Å². The predicted molar refractivity (Wildman–Crippen MR) is 137 cm³/mol. The van der Waals surface area contributed by atoms with Gasteiger partial charge in [0.2, 0.25) is 10.0 Å². The maximum absolute atomic E-state index is 13.4. The van der Waals surface area contributed by atoms with Crippen molar-refractivity contribution in [1.29, 1.82) is 0 Å². The third-order valence-electron chi connectivity index (χ3n) is 6.61. The first-order valence-corrected chi connectivity index (χ1v) is 14.2. The number of carbonyl (C=O) groups is 1. The summed E-state index contributed by atoms with van der Waals surface area (Å²) in [4.78, 5) is 21.0. The van der Waals surface area contributed by atoms with Gasteiger partial charge >= 0.3 is 6.03 Å². The molecule has 3 atom stereocenters. The van der Waals surface area contributed by atoms with Crippen molar-refractivity contribution in [2.45, 2.75) is 18.9 Å². The van der Waals surface area contributed by atoms with Crippen LogP contribution >= 0.6 is 34.8 Å². The summed E-state index contributed by atoms with van der Waals surface area (Å²) < 4.78 is 31.2. The lowest BCUT2D eigenvalue weighted by atomic mass is 9.85. The molecule has 0 aliphatic carbocycles. The molecule has 0 N–H and O–H groups in total. The summed E-state index contributed by atoms with van der Waals surface area (Å²) in [6, 6.07) is 8.86. The molecule has 0 radical (unpaired) electrons. The number of urea groups is 1. The minimum Gasteiger partial charge on any atom is -0.489 e. The van der Waals surface area contributed by atoms with Crippen LogP contribution in [0.25, 0.3) is 0 Å². The molecule has 0 bridgehead atoms. The van der Waals surface area contributed by atoms with Gasteiger partial charge in [0.1, 0.15) is 17.0 Å². The first-order valence-electron chi connectivity index (χ1n) is 11.2. The summed E-state index contributed by atoms with van der Waals surface area (Å²) in [6.45, 7) is 4.24. The number of amides is 2. The maximum Gasteiger partial charge on any atom is 0.320 e. The van der Waals surface area contributed by atoms with Gasteiger partial charge in [-0.1, -0.05) is 40.9 Å². The van der Waals surface area contributed by atoms with Crippen LogP contribution in [0.3, 0.4) is 0 Å². The van der Waals surface area contributed by atoms with Crippen molar-refractivity contribution in [3.05, 3.63) is 57.3 Å². The van der Waals surface area contributed by atoms with Crippen LogP contribution in [0.4, 0.5) is 4.79 Å². The lowest BCUT2D eigenvalue weighted by Crippen LogP contribution is -2.53. The van der Waals surface area contributed by atoms with E-state index >= 15 is 0 Å². The van der Waals surface area contributed by atoms with Crippen LogP contribution < -0.4 is 4.74 Å². The zero-order valence-corrected chi connectivity index (χ0v) is 22.5. The molecule has 0 spiro atoms.